The molecular weight excluding hydrogens is 404 g/mol. The number of fused-ring (bicyclic) bond motifs is 2. The average Bonchev–Trinajstić information content (AvgIpc) is 3.55. The van der Waals surface area contributed by atoms with E-state index < -0.39 is 0 Å². The summed E-state index contributed by atoms with van der Waals surface area (Å²) in [6, 6.07) is 17.7. The van der Waals surface area contributed by atoms with Crippen molar-refractivity contribution in [3.63, 3.8) is 0 Å². The number of carbonyl (C=O) groups is 1. The second kappa shape index (κ2) is 7.15. The predicted octanol–water partition coefficient (Wildman–Crippen LogP) is 3.12. The molecule has 1 aliphatic carbocycles. The van der Waals surface area contributed by atoms with Crippen molar-refractivity contribution >= 4 is 16.9 Å². The molecular formula is C25H22N4O3. The summed E-state index contributed by atoms with van der Waals surface area (Å²) in [7, 11) is 0. The summed E-state index contributed by atoms with van der Waals surface area (Å²) in [5, 5.41) is 4.91. The molecule has 0 spiro atoms. The lowest BCUT2D eigenvalue weighted by molar-refractivity contribution is -0.131. The molecule has 0 bridgehead atoms. The van der Waals surface area contributed by atoms with Gasteiger partial charge < -0.3 is 14.4 Å². The molecule has 1 saturated carbocycles. The highest BCUT2D eigenvalue weighted by molar-refractivity contribution is 5.86. The number of rotatable bonds is 4. The topological polar surface area (TPSA) is 92.1 Å². The summed E-state index contributed by atoms with van der Waals surface area (Å²) >= 11 is 0. The number of amides is 1. The Bertz CT molecular complexity index is 1390. The van der Waals surface area contributed by atoms with Gasteiger partial charge in [0.1, 0.15) is 11.5 Å². The summed E-state index contributed by atoms with van der Waals surface area (Å²) in [6.45, 7) is 0.806. The van der Waals surface area contributed by atoms with E-state index in [1.54, 1.807) is 4.90 Å². The Balaban J connectivity index is 1.25. The van der Waals surface area contributed by atoms with Crippen LogP contribution in [0.5, 0.6) is 0 Å². The van der Waals surface area contributed by atoms with Gasteiger partial charge in [-0.15, -0.1) is 0 Å². The Morgan fingerprint density at radius 1 is 1.09 bits per heavy atom. The zero-order valence-corrected chi connectivity index (χ0v) is 17.5. The van der Waals surface area contributed by atoms with Gasteiger partial charge in [0.2, 0.25) is 5.91 Å². The van der Waals surface area contributed by atoms with Crippen LogP contribution in [0.25, 0.3) is 11.0 Å². The van der Waals surface area contributed by atoms with E-state index in [1.165, 1.54) is 5.56 Å². The highest BCUT2D eigenvalue weighted by atomic mass is 16.5. The summed E-state index contributed by atoms with van der Waals surface area (Å²) in [6.07, 6.45) is 2.68. The average molecular weight is 426 g/mol. The van der Waals surface area contributed by atoms with Crippen LogP contribution in [-0.4, -0.2) is 32.5 Å². The maximum atomic E-state index is 13.0. The van der Waals surface area contributed by atoms with Crippen LogP contribution in [0, 0.1) is 0 Å². The standard InChI is InChI=1S/C25H22N4O3/c30-22(14-20-17-8-4-5-9-21(17)32-28-20)29-13-10-19-18(15-29)23(31)27-24(26-19)25(11-12-25)16-6-2-1-3-7-16/h1-9H,10-15H2,(H,26,27,31). The zero-order valence-electron chi connectivity index (χ0n) is 17.5. The third-order valence-corrected chi connectivity index (χ3v) is 6.72. The third-order valence-electron chi connectivity index (χ3n) is 6.72. The van der Waals surface area contributed by atoms with Crippen LogP contribution in [0.4, 0.5) is 0 Å². The largest absolute Gasteiger partial charge is 0.356 e. The van der Waals surface area contributed by atoms with Crippen LogP contribution in [0.3, 0.4) is 0 Å². The first-order valence-electron chi connectivity index (χ1n) is 10.9. The van der Waals surface area contributed by atoms with E-state index >= 15 is 0 Å². The predicted molar refractivity (Wildman–Crippen MR) is 118 cm³/mol. The number of aromatic nitrogens is 3. The van der Waals surface area contributed by atoms with Gasteiger partial charge in [-0.25, -0.2) is 4.98 Å². The SMILES string of the molecule is O=C(Cc1noc2ccccc12)N1CCc2nc(C3(c4ccccc4)CC3)[nH]c(=O)c2C1. The Kier molecular flexibility index (Phi) is 4.24. The van der Waals surface area contributed by atoms with Crippen molar-refractivity contribution in [2.45, 2.75) is 37.6 Å². The van der Waals surface area contributed by atoms with Gasteiger partial charge in [0, 0.05) is 18.4 Å². The van der Waals surface area contributed by atoms with Crippen molar-refractivity contribution in [1.29, 1.82) is 0 Å². The van der Waals surface area contributed by atoms with E-state index in [0.29, 0.717) is 29.8 Å². The Morgan fingerprint density at radius 3 is 2.69 bits per heavy atom. The van der Waals surface area contributed by atoms with Crippen molar-refractivity contribution in [1.82, 2.24) is 20.0 Å². The van der Waals surface area contributed by atoms with E-state index in [0.717, 1.165) is 29.7 Å². The van der Waals surface area contributed by atoms with Crippen molar-refractivity contribution in [2.75, 3.05) is 6.54 Å². The minimum absolute atomic E-state index is 0.0684. The van der Waals surface area contributed by atoms with E-state index in [-0.39, 0.29) is 29.8 Å². The van der Waals surface area contributed by atoms with Crippen molar-refractivity contribution in [3.8, 4) is 0 Å². The van der Waals surface area contributed by atoms with Gasteiger partial charge in [0.25, 0.3) is 5.56 Å². The molecule has 2 aromatic heterocycles. The molecule has 2 aliphatic rings. The van der Waals surface area contributed by atoms with Crippen LogP contribution in [0.15, 0.2) is 63.9 Å². The molecule has 0 radical (unpaired) electrons. The summed E-state index contributed by atoms with van der Waals surface area (Å²) < 4.78 is 5.31. The molecule has 32 heavy (non-hydrogen) atoms. The molecule has 4 aromatic rings. The molecule has 0 saturated heterocycles. The molecule has 1 fully saturated rings. The van der Waals surface area contributed by atoms with Gasteiger partial charge in [0.15, 0.2) is 5.58 Å². The quantitative estimate of drug-likeness (QED) is 0.541. The Labute approximate surface area is 184 Å². The van der Waals surface area contributed by atoms with Gasteiger partial charge in [-0.2, -0.15) is 0 Å². The lowest BCUT2D eigenvalue weighted by Gasteiger charge is -2.28. The smallest absolute Gasteiger partial charge is 0.256 e. The fraction of sp³-hybridized carbons (Fsp3) is 0.280. The van der Waals surface area contributed by atoms with E-state index in [4.69, 9.17) is 9.51 Å². The van der Waals surface area contributed by atoms with E-state index in [1.807, 2.05) is 42.5 Å². The number of carbonyl (C=O) groups excluding carboxylic acids is 1. The Morgan fingerprint density at radius 2 is 1.88 bits per heavy atom. The normalized spacial score (nSPS) is 16.7. The first-order chi connectivity index (χ1) is 15.6. The van der Waals surface area contributed by atoms with Gasteiger partial charge in [-0.05, 0) is 30.5 Å². The third kappa shape index (κ3) is 3.04. The molecule has 1 N–H and O–H groups in total. The summed E-state index contributed by atoms with van der Waals surface area (Å²) in [5.74, 6) is 0.683. The second-order valence-electron chi connectivity index (χ2n) is 8.66. The molecule has 2 aromatic carbocycles. The van der Waals surface area contributed by atoms with Gasteiger partial charge >= 0.3 is 0 Å². The lowest BCUT2D eigenvalue weighted by Crippen LogP contribution is -2.41. The zero-order chi connectivity index (χ0) is 21.7. The van der Waals surface area contributed by atoms with E-state index in [2.05, 4.69) is 22.3 Å². The number of nitrogens with one attached hydrogen (secondary N) is 1. The fourth-order valence-corrected chi connectivity index (χ4v) is 4.73. The summed E-state index contributed by atoms with van der Waals surface area (Å²) in [5.41, 5.74) is 3.55. The fourth-order valence-electron chi connectivity index (χ4n) is 4.73. The number of hydrogen-bond donors (Lipinski definition) is 1. The van der Waals surface area contributed by atoms with Crippen LogP contribution in [0.1, 0.15) is 41.2 Å². The summed E-state index contributed by atoms with van der Waals surface area (Å²) in [4.78, 5) is 35.6. The first-order valence-corrected chi connectivity index (χ1v) is 10.9. The van der Waals surface area contributed by atoms with Crippen molar-refractivity contribution in [2.24, 2.45) is 0 Å². The van der Waals surface area contributed by atoms with Crippen molar-refractivity contribution < 1.29 is 9.32 Å². The minimum Gasteiger partial charge on any atom is -0.356 e. The van der Waals surface area contributed by atoms with Gasteiger partial charge in [0.05, 0.1) is 29.6 Å². The number of benzene rings is 2. The number of para-hydroxylation sites is 1. The van der Waals surface area contributed by atoms with Gasteiger partial charge in [-0.1, -0.05) is 47.6 Å². The number of H-pyrrole nitrogens is 1. The highest BCUT2D eigenvalue weighted by Crippen LogP contribution is 2.51. The number of hydrogen-bond acceptors (Lipinski definition) is 5. The molecule has 0 atom stereocenters. The van der Waals surface area contributed by atoms with Gasteiger partial charge in [-0.3, -0.25) is 9.59 Å². The monoisotopic (exact) mass is 426 g/mol. The maximum Gasteiger partial charge on any atom is 0.256 e. The number of aromatic amines is 1. The number of nitrogens with zero attached hydrogens (tertiary/aromatic N) is 3. The Hall–Kier alpha value is -3.74. The molecule has 1 aliphatic heterocycles. The molecule has 0 unspecified atom stereocenters. The molecule has 3 heterocycles. The van der Waals surface area contributed by atoms with E-state index in [9.17, 15) is 9.59 Å². The molecule has 7 nitrogen and oxygen atoms in total. The minimum atomic E-state index is -0.184. The molecule has 6 rings (SSSR count). The van der Waals surface area contributed by atoms with Crippen LogP contribution in [-0.2, 0) is 29.6 Å². The first kappa shape index (κ1) is 19.0. The molecule has 160 valence electrons. The lowest BCUT2D eigenvalue weighted by atomic mass is 9.94. The second-order valence-corrected chi connectivity index (χ2v) is 8.66. The van der Waals surface area contributed by atoms with Crippen molar-refractivity contribution in [3.05, 3.63) is 93.3 Å². The van der Waals surface area contributed by atoms with Crippen LogP contribution < -0.4 is 5.56 Å². The van der Waals surface area contributed by atoms with Crippen LogP contribution in [0.2, 0.25) is 0 Å². The highest BCUT2D eigenvalue weighted by Gasteiger charge is 2.48. The maximum absolute atomic E-state index is 13.0. The molecule has 1 amide bonds. The van der Waals surface area contributed by atoms with Crippen LogP contribution >= 0.6 is 0 Å². The molecule has 7 heteroatoms.